The number of hydrogen-bond donors (Lipinski definition) is 3. The number of anilines is 1. The number of ether oxygens (including phenoxy) is 1. The van der Waals surface area contributed by atoms with Crippen LogP contribution in [0.4, 0.5) is 5.82 Å². The highest BCUT2D eigenvalue weighted by Gasteiger charge is 2.31. The van der Waals surface area contributed by atoms with Crippen LogP contribution in [0.15, 0.2) is 12.1 Å². The van der Waals surface area contributed by atoms with Gasteiger partial charge < -0.3 is 15.5 Å². The van der Waals surface area contributed by atoms with Crippen LogP contribution in [0.1, 0.15) is 42.7 Å². The molecule has 0 radical (unpaired) electrons. The quantitative estimate of drug-likeness (QED) is 0.557. The fraction of sp³-hybridized carbons (Fsp3) is 0.571. The lowest BCUT2D eigenvalue weighted by Gasteiger charge is -2.23. The van der Waals surface area contributed by atoms with Gasteiger partial charge in [-0.2, -0.15) is 0 Å². The first-order valence-corrected chi connectivity index (χ1v) is 6.94. The van der Waals surface area contributed by atoms with Crippen molar-refractivity contribution in [3.8, 4) is 0 Å². The van der Waals surface area contributed by atoms with Crippen LogP contribution in [0, 0.1) is 0 Å². The number of amides is 1. The Morgan fingerprint density at radius 3 is 2.95 bits per heavy atom. The van der Waals surface area contributed by atoms with Crippen molar-refractivity contribution in [2.75, 3.05) is 18.6 Å². The number of hydrogen-bond acceptors (Lipinski definition) is 5. The molecule has 1 aromatic heterocycles. The zero-order chi connectivity index (χ0) is 14.6. The number of nitrogen functional groups attached to an aromatic ring is 1. The van der Waals surface area contributed by atoms with Crippen LogP contribution in [0.25, 0.3) is 0 Å². The fourth-order valence-corrected chi connectivity index (χ4v) is 2.29. The van der Waals surface area contributed by atoms with E-state index < -0.39 is 0 Å². The molecule has 0 bridgehead atoms. The van der Waals surface area contributed by atoms with Crippen LogP contribution in [-0.2, 0) is 11.2 Å². The van der Waals surface area contributed by atoms with Gasteiger partial charge in [0.15, 0.2) is 0 Å². The number of aryl methyl sites for hydroxylation is 1. The molecule has 2 heterocycles. The summed E-state index contributed by atoms with van der Waals surface area (Å²) in [6, 6.07) is 3.48. The molecule has 1 aromatic rings. The molecule has 2 rings (SSSR count). The van der Waals surface area contributed by atoms with Gasteiger partial charge in [-0.05, 0) is 31.9 Å². The fourth-order valence-electron chi connectivity index (χ4n) is 2.29. The van der Waals surface area contributed by atoms with E-state index in [2.05, 4.69) is 22.7 Å². The Kier molecular flexibility index (Phi) is 4.57. The SMILES string of the molecule is CCCc1cc(C(=O)NC2(C)CCOC2)cc(NN)n1. The third-order valence-electron chi connectivity index (χ3n) is 3.43. The van der Waals surface area contributed by atoms with Gasteiger partial charge >= 0.3 is 0 Å². The number of rotatable bonds is 5. The summed E-state index contributed by atoms with van der Waals surface area (Å²) >= 11 is 0. The summed E-state index contributed by atoms with van der Waals surface area (Å²) < 4.78 is 5.34. The molecular weight excluding hydrogens is 256 g/mol. The number of hydrazine groups is 1. The number of nitrogens with two attached hydrogens (primary N) is 1. The number of nitrogens with zero attached hydrogens (tertiary/aromatic N) is 1. The zero-order valence-electron chi connectivity index (χ0n) is 12.0. The van der Waals surface area contributed by atoms with Gasteiger partial charge in [0.25, 0.3) is 5.91 Å². The number of carbonyl (C=O) groups is 1. The lowest BCUT2D eigenvalue weighted by Crippen LogP contribution is -2.46. The van der Waals surface area contributed by atoms with Gasteiger partial charge in [-0.1, -0.05) is 13.3 Å². The molecule has 1 saturated heterocycles. The molecule has 1 unspecified atom stereocenters. The molecular formula is C14H22N4O2. The average Bonchev–Trinajstić information content (AvgIpc) is 2.85. The standard InChI is InChI=1S/C14H22N4O2/c1-3-4-11-7-10(8-12(16-11)18-15)13(19)17-14(2)5-6-20-9-14/h7-8H,3-6,9,15H2,1-2H3,(H,16,18)(H,17,19). The van der Waals surface area contributed by atoms with Crippen molar-refractivity contribution >= 4 is 11.7 Å². The number of nitrogens with one attached hydrogen (secondary N) is 2. The molecule has 0 saturated carbocycles. The Balaban J connectivity index is 2.17. The van der Waals surface area contributed by atoms with Gasteiger partial charge in [0, 0.05) is 17.9 Å². The molecule has 0 aliphatic carbocycles. The van der Waals surface area contributed by atoms with Crippen LogP contribution in [0.3, 0.4) is 0 Å². The first-order chi connectivity index (χ1) is 9.56. The van der Waals surface area contributed by atoms with E-state index in [0.717, 1.165) is 25.0 Å². The molecule has 1 fully saturated rings. The predicted molar refractivity (Wildman–Crippen MR) is 77.3 cm³/mol. The van der Waals surface area contributed by atoms with Gasteiger partial charge in [-0.3, -0.25) is 4.79 Å². The molecule has 110 valence electrons. The van der Waals surface area contributed by atoms with E-state index in [1.54, 1.807) is 6.07 Å². The van der Waals surface area contributed by atoms with Gasteiger partial charge in [-0.25, -0.2) is 10.8 Å². The Hall–Kier alpha value is -1.66. The summed E-state index contributed by atoms with van der Waals surface area (Å²) in [5.74, 6) is 5.80. The topological polar surface area (TPSA) is 89.3 Å². The normalized spacial score (nSPS) is 21.8. The maximum atomic E-state index is 12.4. The highest BCUT2D eigenvalue weighted by molar-refractivity contribution is 5.95. The molecule has 1 aliphatic heterocycles. The smallest absolute Gasteiger partial charge is 0.251 e. The van der Waals surface area contributed by atoms with Crippen molar-refractivity contribution < 1.29 is 9.53 Å². The van der Waals surface area contributed by atoms with Crippen molar-refractivity contribution in [1.29, 1.82) is 0 Å². The van der Waals surface area contributed by atoms with Crippen molar-refractivity contribution in [2.45, 2.75) is 38.6 Å². The second kappa shape index (κ2) is 6.19. The molecule has 6 nitrogen and oxygen atoms in total. The van der Waals surface area contributed by atoms with Gasteiger partial charge in [-0.15, -0.1) is 0 Å². The van der Waals surface area contributed by atoms with Gasteiger partial charge in [0.2, 0.25) is 0 Å². The van der Waals surface area contributed by atoms with Gasteiger partial charge in [0.05, 0.1) is 12.1 Å². The Bertz CT molecular complexity index is 484. The van der Waals surface area contributed by atoms with E-state index in [-0.39, 0.29) is 11.4 Å². The lowest BCUT2D eigenvalue weighted by atomic mass is 10.0. The first-order valence-electron chi connectivity index (χ1n) is 6.94. The van der Waals surface area contributed by atoms with Crippen LogP contribution in [0.2, 0.25) is 0 Å². The summed E-state index contributed by atoms with van der Waals surface area (Å²) in [4.78, 5) is 16.7. The zero-order valence-corrected chi connectivity index (χ0v) is 12.0. The van der Waals surface area contributed by atoms with E-state index in [9.17, 15) is 4.79 Å². The van der Waals surface area contributed by atoms with E-state index in [0.29, 0.717) is 24.6 Å². The molecule has 1 aliphatic rings. The number of aromatic nitrogens is 1. The summed E-state index contributed by atoms with van der Waals surface area (Å²) in [7, 11) is 0. The van der Waals surface area contributed by atoms with Crippen molar-refractivity contribution in [2.24, 2.45) is 5.84 Å². The summed E-state index contributed by atoms with van der Waals surface area (Å²) in [5.41, 5.74) is 3.65. The van der Waals surface area contributed by atoms with Crippen molar-refractivity contribution in [3.63, 3.8) is 0 Å². The van der Waals surface area contributed by atoms with Crippen molar-refractivity contribution in [3.05, 3.63) is 23.4 Å². The summed E-state index contributed by atoms with van der Waals surface area (Å²) in [5, 5.41) is 3.03. The Morgan fingerprint density at radius 1 is 1.55 bits per heavy atom. The molecule has 6 heteroatoms. The monoisotopic (exact) mass is 278 g/mol. The number of pyridine rings is 1. The van der Waals surface area contributed by atoms with E-state index in [1.165, 1.54) is 0 Å². The second-order valence-electron chi connectivity index (χ2n) is 5.44. The number of carbonyl (C=O) groups excluding carboxylic acids is 1. The van der Waals surface area contributed by atoms with Crippen LogP contribution in [0.5, 0.6) is 0 Å². The minimum absolute atomic E-state index is 0.116. The molecule has 0 spiro atoms. The highest BCUT2D eigenvalue weighted by Crippen LogP contribution is 2.19. The molecule has 0 aromatic carbocycles. The second-order valence-corrected chi connectivity index (χ2v) is 5.44. The van der Waals surface area contributed by atoms with E-state index >= 15 is 0 Å². The van der Waals surface area contributed by atoms with Crippen LogP contribution >= 0.6 is 0 Å². The van der Waals surface area contributed by atoms with E-state index in [1.807, 2.05) is 13.0 Å². The Morgan fingerprint density at radius 2 is 2.35 bits per heavy atom. The average molecular weight is 278 g/mol. The maximum absolute atomic E-state index is 12.4. The van der Waals surface area contributed by atoms with E-state index in [4.69, 9.17) is 10.6 Å². The third-order valence-corrected chi connectivity index (χ3v) is 3.43. The Labute approximate surface area is 119 Å². The third kappa shape index (κ3) is 3.46. The van der Waals surface area contributed by atoms with Crippen molar-refractivity contribution in [1.82, 2.24) is 10.3 Å². The first kappa shape index (κ1) is 14.7. The predicted octanol–water partition coefficient (Wildman–Crippen LogP) is 1.23. The minimum Gasteiger partial charge on any atom is -0.379 e. The molecule has 1 amide bonds. The maximum Gasteiger partial charge on any atom is 0.251 e. The molecule has 4 N–H and O–H groups in total. The summed E-state index contributed by atoms with van der Waals surface area (Å²) in [6.45, 7) is 5.30. The highest BCUT2D eigenvalue weighted by atomic mass is 16.5. The lowest BCUT2D eigenvalue weighted by molar-refractivity contribution is 0.0889. The van der Waals surface area contributed by atoms with Crippen LogP contribution < -0.4 is 16.6 Å². The summed E-state index contributed by atoms with van der Waals surface area (Å²) in [6.07, 6.45) is 2.61. The van der Waals surface area contributed by atoms with Crippen LogP contribution in [-0.4, -0.2) is 29.6 Å². The minimum atomic E-state index is -0.290. The molecule has 1 atom stereocenters. The van der Waals surface area contributed by atoms with Gasteiger partial charge in [0.1, 0.15) is 5.82 Å². The molecule has 20 heavy (non-hydrogen) atoms. The largest absolute Gasteiger partial charge is 0.379 e.